The van der Waals surface area contributed by atoms with Gasteiger partial charge >= 0.3 is 0 Å². The molecule has 28 heavy (non-hydrogen) atoms. The summed E-state index contributed by atoms with van der Waals surface area (Å²) >= 11 is 0. The fraction of sp³-hybridized carbons (Fsp3) is 0.600. The Balaban J connectivity index is 1.54. The van der Waals surface area contributed by atoms with Crippen LogP contribution in [0.2, 0.25) is 0 Å². The Morgan fingerprint density at radius 2 is 1.71 bits per heavy atom. The number of carbonyl (C=O) groups is 2. The van der Waals surface area contributed by atoms with Crippen LogP contribution in [0.15, 0.2) is 24.3 Å². The zero-order valence-electron chi connectivity index (χ0n) is 16.4. The highest BCUT2D eigenvalue weighted by molar-refractivity contribution is 6.21. The summed E-state index contributed by atoms with van der Waals surface area (Å²) in [4.78, 5) is 26.5. The van der Waals surface area contributed by atoms with Gasteiger partial charge in [-0.15, -0.1) is 0 Å². The number of nitrogens with zero attached hydrogens (tertiary/aromatic N) is 1. The standard InChI is InChI=1S/C20H25NO7/c1-19(2,24)26-14-10-25-13(15-16(14)28-20(3,4)27-15)9-21-17(22)11-7-5-6-8-12(11)18(21)23/h5-8,13-16,24H,9-10H2,1-4H3/t13-,14+,15+,16-/m1/s1. The maximum atomic E-state index is 12.7. The predicted octanol–water partition coefficient (Wildman–Crippen LogP) is 1.32. The van der Waals surface area contributed by atoms with Crippen molar-refractivity contribution in [3.05, 3.63) is 35.4 Å². The first-order valence-electron chi connectivity index (χ1n) is 9.38. The summed E-state index contributed by atoms with van der Waals surface area (Å²) in [5.41, 5.74) is 0.791. The Bertz CT molecular complexity index is 765. The molecule has 8 nitrogen and oxygen atoms in total. The lowest BCUT2D eigenvalue weighted by molar-refractivity contribution is -0.260. The number of benzene rings is 1. The summed E-state index contributed by atoms with van der Waals surface area (Å²) in [5, 5.41) is 10.0. The van der Waals surface area contributed by atoms with Gasteiger partial charge < -0.3 is 24.1 Å². The number of hydrogen-bond donors (Lipinski definition) is 1. The van der Waals surface area contributed by atoms with Gasteiger partial charge in [0.2, 0.25) is 0 Å². The lowest BCUT2D eigenvalue weighted by Gasteiger charge is -2.39. The van der Waals surface area contributed by atoms with E-state index in [9.17, 15) is 14.7 Å². The van der Waals surface area contributed by atoms with E-state index in [4.69, 9.17) is 18.9 Å². The Hall–Kier alpha value is -1.84. The molecule has 2 amide bonds. The van der Waals surface area contributed by atoms with Crippen molar-refractivity contribution in [2.45, 2.75) is 63.7 Å². The molecule has 1 N–H and O–H groups in total. The fourth-order valence-electron chi connectivity index (χ4n) is 4.01. The minimum atomic E-state index is -1.36. The van der Waals surface area contributed by atoms with E-state index >= 15 is 0 Å². The molecular weight excluding hydrogens is 366 g/mol. The average molecular weight is 391 g/mol. The number of carbonyl (C=O) groups excluding carboxylic acids is 2. The Labute approximate surface area is 163 Å². The summed E-state index contributed by atoms with van der Waals surface area (Å²) in [7, 11) is 0. The average Bonchev–Trinajstić information content (AvgIpc) is 3.05. The van der Waals surface area contributed by atoms with Crippen molar-refractivity contribution < 1.29 is 33.6 Å². The molecule has 152 valence electrons. The van der Waals surface area contributed by atoms with E-state index in [1.807, 2.05) is 0 Å². The number of fused-ring (bicyclic) bond motifs is 2. The summed E-state index contributed by atoms with van der Waals surface area (Å²) in [6, 6.07) is 6.75. The van der Waals surface area contributed by atoms with Gasteiger partial charge in [0, 0.05) is 0 Å². The molecule has 8 heteroatoms. The fourth-order valence-corrected chi connectivity index (χ4v) is 4.01. The van der Waals surface area contributed by atoms with Crippen molar-refractivity contribution in [3.63, 3.8) is 0 Å². The molecule has 4 atom stereocenters. The summed E-state index contributed by atoms with van der Waals surface area (Å²) in [6.45, 7) is 6.85. The Kier molecular flexibility index (Phi) is 4.59. The second kappa shape index (κ2) is 6.60. The van der Waals surface area contributed by atoms with Gasteiger partial charge in [0.1, 0.15) is 24.4 Å². The molecule has 3 heterocycles. The van der Waals surface area contributed by atoms with Gasteiger partial charge in [-0.3, -0.25) is 14.5 Å². The minimum absolute atomic E-state index is 0.0577. The summed E-state index contributed by atoms with van der Waals surface area (Å²) < 4.78 is 23.6. The second-order valence-corrected chi connectivity index (χ2v) is 8.31. The van der Waals surface area contributed by atoms with Crippen LogP contribution in [0.3, 0.4) is 0 Å². The zero-order chi connectivity index (χ0) is 20.3. The Morgan fingerprint density at radius 1 is 1.14 bits per heavy atom. The van der Waals surface area contributed by atoms with Crippen LogP contribution in [0.25, 0.3) is 0 Å². The van der Waals surface area contributed by atoms with Gasteiger partial charge in [0.25, 0.3) is 11.8 Å². The highest BCUT2D eigenvalue weighted by Crippen LogP contribution is 2.38. The maximum absolute atomic E-state index is 12.7. The van der Waals surface area contributed by atoms with Crippen molar-refractivity contribution in [2.24, 2.45) is 0 Å². The Morgan fingerprint density at radius 3 is 2.29 bits per heavy atom. The molecule has 0 unspecified atom stereocenters. The second-order valence-electron chi connectivity index (χ2n) is 8.31. The van der Waals surface area contributed by atoms with E-state index in [2.05, 4.69) is 0 Å². The first-order valence-corrected chi connectivity index (χ1v) is 9.38. The summed E-state index contributed by atoms with van der Waals surface area (Å²) in [5.74, 6) is -2.91. The largest absolute Gasteiger partial charge is 0.371 e. The van der Waals surface area contributed by atoms with Gasteiger partial charge in [0.15, 0.2) is 11.6 Å². The molecule has 2 saturated heterocycles. The van der Waals surface area contributed by atoms with E-state index in [0.29, 0.717) is 11.1 Å². The van der Waals surface area contributed by atoms with Crippen LogP contribution in [0.5, 0.6) is 0 Å². The molecule has 2 fully saturated rings. The van der Waals surface area contributed by atoms with E-state index < -0.39 is 36.0 Å². The van der Waals surface area contributed by atoms with E-state index in [0.717, 1.165) is 0 Å². The quantitative estimate of drug-likeness (QED) is 0.611. The number of imide groups is 1. The van der Waals surface area contributed by atoms with E-state index in [1.54, 1.807) is 38.1 Å². The zero-order valence-corrected chi connectivity index (χ0v) is 16.4. The SMILES string of the molecule is CC(C)(O)O[C@H]1CO[C@H](CN2C(=O)c3ccccc3C2=O)[C@@H]2OC(C)(C)O[C@@H]21. The number of ether oxygens (including phenoxy) is 4. The van der Waals surface area contributed by atoms with Crippen LogP contribution in [0.4, 0.5) is 0 Å². The van der Waals surface area contributed by atoms with Crippen LogP contribution in [0.1, 0.15) is 48.4 Å². The lowest BCUT2D eigenvalue weighted by Crippen LogP contribution is -2.57. The molecule has 4 rings (SSSR count). The first-order chi connectivity index (χ1) is 13.1. The van der Waals surface area contributed by atoms with Crippen LogP contribution in [-0.2, 0) is 18.9 Å². The number of aliphatic hydroxyl groups is 1. The molecule has 0 bridgehead atoms. The van der Waals surface area contributed by atoms with Crippen LogP contribution < -0.4 is 0 Å². The number of rotatable bonds is 4. The van der Waals surface area contributed by atoms with Gasteiger partial charge in [-0.2, -0.15) is 0 Å². The van der Waals surface area contributed by atoms with Crippen LogP contribution >= 0.6 is 0 Å². The topological polar surface area (TPSA) is 94.5 Å². The van der Waals surface area contributed by atoms with Crippen molar-refractivity contribution in [2.75, 3.05) is 13.2 Å². The molecule has 0 saturated carbocycles. The number of amides is 2. The highest BCUT2D eigenvalue weighted by Gasteiger charge is 2.54. The molecular formula is C20H25NO7. The number of hydrogen-bond acceptors (Lipinski definition) is 7. The van der Waals surface area contributed by atoms with Gasteiger partial charge in [-0.25, -0.2) is 0 Å². The molecule has 0 radical (unpaired) electrons. The highest BCUT2D eigenvalue weighted by atomic mass is 16.8. The molecule has 1 aromatic rings. The normalized spacial score (nSPS) is 31.8. The van der Waals surface area contributed by atoms with E-state index in [1.165, 1.54) is 18.7 Å². The van der Waals surface area contributed by atoms with E-state index in [-0.39, 0.29) is 25.0 Å². The molecule has 0 aromatic heterocycles. The third kappa shape index (κ3) is 3.46. The predicted molar refractivity (Wildman–Crippen MR) is 96.5 cm³/mol. The van der Waals surface area contributed by atoms with Crippen molar-refractivity contribution in [3.8, 4) is 0 Å². The molecule has 0 aliphatic carbocycles. The first kappa shape index (κ1) is 19.5. The van der Waals surface area contributed by atoms with Crippen molar-refractivity contribution in [1.82, 2.24) is 4.90 Å². The molecule has 3 aliphatic heterocycles. The van der Waals surface area contributed by atoms with Crippen LogP contribution in [0, 0.1) is 0 Å². The monoisotopic (exact) mass is 391 g/mol. The smallest absolute Gasteiger partial charge is 0.261 e. The molecule has 1 aromatic carbocycles. The van der Waals surface area contributed by atoms with Crippen LogP contribution in [-0.4, -0.2) is 71.0 Å². The van der Waals surface area contributed by atoms with Gasteiger partial charge in [0.05, 0.1) is 24.3 Å². The third-order valence-electron chi connectivity index (χ3n) is 5.05. The third-order valence-corrected chi connectivity index (χ3v) is 5.05. The van der Waals surface area contributed by atoms with Gasteiger partial charge in [-0.1, -0.05) is 12.1 Å². The lowest BCUT2D eigenvalue weighted by atomic mass is 9.99. The van der Waals surface area contributed by atoms with Crippen molar-refractivity contribution >= 4 is 11.8 Å². The van der Waals surface area contributed by atoms with Crippen molar-refractivity contribution in [1.29, 1.82) is 0 Å². The maximum Gasteiger partial charge on any atom is 0.261 e. The summed E-state index contributed by atoms with van der Waals surface area (Å²) in [6.07, 6.45) is -2.13. The minimum Gasteiger partial charge on any atom is -0.371 e. The van der Waals surface area contributed by atoms with Gasteiger partial charge in [-0.05, 0) is 39.8 Å². The molecule has 3 aliphatic rings. The molecule has 0 spiro atoms.